The molecule has 0 saturated carbocycles. The van der Waals surface area contributed by atoms with E-state index >= 15 is 0 Å². The molecule has 0 atom stereocenters. The first kappa shape index (κ1) is 11.2. The molecule has 0 radical (unpaired) electrons. The maximum absolute atomic E-state index is 12.4. The first-order chi connectivity index (χ1) is 7.91. The second kappa shape index (κ2) is 3.61. The fraction of sp³-hybridized carbons (Fsp3) is 0.125. The number of nitrogens with zero attached hydrogens (tertiary/aromatic N) is 2. The maximum Gasteiger partial charge on any atom is 0.453 e. The van der Waals surface area contributed by atoms with Crippen LogP contribution in [0.5, 0.6) is 0 Å². The van der Waals surface area contributed by atoms with Crippen LogP contribution in [0.4, 0.5) is 13.2 Å². The summed E-state index contributed by atoms with van der Waals surface area (Å²) in [6.45, 7) is 0. The standard InChI is InChI=1S/C8H4F3N3O3/c9-8(10,11)6-4(7(15)16)5(14-17-6)3-1-12-2-13-3/h1-2H,(H,12,13)(H,15,16). The molecule has 6 nitrogen and oxygen atoms in total. The molecule has 2 rings (SSSR count). The van der Waals surface area contributed by atoms with E-state index in [9.17, 15) is 18.0 Å². The van der Waals surface area contributed by atoms with Crippen molar-refractivity contribution in [2.75, 3.05) is 0 Å². The largest absolute Gasteiger partial charge is 0.477 e. The van der Waals surface area contributed by atoms with Gasteiger partial charge in [0.05, 0.1) is 18.2 Å². The normalized spacial score (nSPS) is 11.7. The molecule has 0 amide bonds. The number of alkyl halides is 3. The van der Waals surface area contributed by atoms with Gasteiger partial charge in [0.1, 0.15) is 11.3 Å². The third-order valence-corrected chi connectivity index (χ3v) is 1.92. The Morgan fingerprint density at radius 1 is 1.47 bits per heavy atom. The molecule has 9 heteroatoms. The predicted molar refractivity (Wildman–Crippen MR) is 46.0 cm³/mol. The van der Waals surface area contributed by atoms with E-state index in [1.54, 1.807) is 0 Å². The van der Waals surface area contributed by atoms with Gasteiger partial charge in [-0.15, -0.1) is 0 Å². The van der Waals surface area contributed by atoms with Crippen molar-refractivity contribution in [1.29, 1.82) is 0 Å². The highest BCUT2D eigenvalue weighted by Crippen LogP contribution is 2.36. The number of imidazole rings is 1. The number of H-pyrrole nitrogens is 1. The second-order valence-corrected chi connectivity index (χ2v) is 3.00. The van der Waals surface area contributed by atoms with Gasteiger partial charge in [-0.25, -0.2) is 9.78 Å². The SMILES string of the molecule is O=C(O)c1c(-c2cnc[nH]2)noc1C(F)(F)F. The van der Waals surface area contributed by atoms with E-state index in [0.29, 0.717) is 0 Å². The van der Waals surface area contributed by atoms with Crippen LogP contribution in [0.15, 0.2) is 17.0 Å². The molecule has 0 aromatic carbocycles. The molecule has 90 valence electrons. The molecule has 0 saturated heterocycles. The quantitative estimate of drug-likeness (QED) is 0.843. The van der Waals surface area contributed by atoms with Gasteiger partial charge in [0.25, 0.3) is 5.76 Å². The summed E-state index contributed by atoms with van der Waals surface area (Å²) < 4.78 is 41.4. The summed E-state index contributed by atoms with van der Waals surface area (Å²) in [7, 11) is 0. The monoisotopic (exact) mass is 247 g/mol. The summed E-state index contributed by atoms with van der Waals surface area (Å²) in [6, 6.07) is 0. The highest BCUT2D eigenvalue weighted by Gasteiger charge is 2.43. The van der Waals surface area contributed by atoms with E-state index in [4.69, 9.17) is 5.11 Å². The van der Waals surface area contributed by atoms with E-state index in [0.717, 1.165) is 6.20 Å². The molecule has 0 aliphatic carbocycles. The summed E-state index contributed by atoms with van der Waals surface area (Å²) in [5, 5.41) is 11.9. The number of halogens is 3. The summed E-state index contributed by atoms with van der Waals surface area (Å²) >= 11 is 0. The van der Waals surface area contributed by atoms with E-state index in [-0.39, 0.29) is 5.69 Å². The lowest BCUT2D eigenvalue weighted by Crippen LogP contribution is -2.11. The molecule has 2 aromatic rings. The highest BCUT2D eigenvalue weighted by molar-refractivity contribution is 5.95. The molecule has 17 heavy (non-hydrogen) atoms. The maximum atomic E-state index is 12.4. The van der Waals surface area contributed by atoms with Gasteiger partial charge in [0.2, 0.25) is 0 Å². The lowest BCUT2D eigenvalue weighted by Gasteiger charge is -2.01. The van der Waals surface area contributed by atoms with E-state index in [1.807, 2.05) is 0 Å². The highest BCUT2D eigenvalue weighted by atomic mass is 19.4. The Labute approximate surface area is 91.1 Å². The van der Waals surface area contributed by atoms with Crippen molar-refractivity contribution in [3.63, 3.8) is 0 Å². The van der Waals surface area contributed by atoms with Gasteiger partial charge in [-0.1, -0.05) is 5.16 Å². The number of carbonyl (C=O) groups is 1. The molecule has 0 fully saturated rings. The number of aromatic amines is 1. The Bertz CT molecular complexity index is 544. The lowest BCUT2D eigenvalue weighted by atomic mass is 10.1. The minimum absolute atomic E-state index is 0.0293. The molecule has 2 heterocycles. The van der Waals surface area contributed by atoms with Crippen LogP contribution >= 0.6 is 0 Å². The van der Waals surface area contributed by atoms with Crippen LogP contribution in [0.3, 0.4) is 0 Å². The number of nitrogens with one attached hydrogen (secondary N) is 1. The molecule has 0 aliphatic rings. The van der Waals surface area contributed by atoms with Crippen LogP contribution in [-0.4, -0.2) is 26.2 Å². The summed E-state index contributed by atoms with van der Waals surface area (Å²) in [4.78, 5) is 16.8. The van der Waals surface area contributed by atoms with Crippen LogP contribution in [0.25, 0.3) is 11.4 Å². The topological polar surface area (TPSA) is 92.0 Å². The Balaban J connectivity index is 2.64. The van der Waals surface area contributed by atoms with Crippen LogP contribution < -0.4 is 0 Å². The van der Waals surface area contributed by atoms with Gasteiger partial charge < -0.3 is 14.6 Å². The first-order valence-electron chi connectivity index (χ1n) is 4.20. The summed E-state index contributed by atoms with van der Waals surface area (Å²) in [6.07, 6.45) is -2.59. The molecular weight excluding hydrogens is 243 g/mol. The Kier molecular flexibility index (Phi) is 2.37. The van der Waals surface area contributed by atoms with Crippen molar-refractivity contribution in [1.82, 2.24) is 15.1 Å². The van der Waals surface area contributed by atoms with Crippen LogP contribution in [0.2, 0.25) is 0 Å². The molecular formula is C8H4F3N3O3. The van der Waals surface area contributed by atoms with Crippen molar-refractivity contribution in [2.45, 2.75) is 6.18 Å². The van der Waals surface area contributed by atoms with Crippen molar-refractivity contribution in [3.8, 4) is 11.4 Å². The Morgan fingerprint density at radius 3 is 2.65 bits per heavy atom. The van der Waals surface area contributed by atoms with Gasteiger partial charge in [0, 0.05) is 0 Å². The van der Waals surface area contributed by atoms with Crippen molar-refractivity contribution < 1.29 is 27.6 Å². The smallest absolute Gasteiger partial charge is 0.453 e. The van der Waals surface area contributed by atoms with Gasteiger partial charge >= 0.3 is 12.1 Å². The predicted octanol–water partition coefficient (Wildman–Crippen LogP) is 1.78. The minimum atomic E-state index is -4.92. The molecule has 2 aromatic heterocycles. The molecule has 0 unspecified atom stereocenters. The van der Waals surface area contributed by atoms with Crippen LogP contribution in [-0.2, 0) is 6.18 Å². The van der Waals surface area contributed by atoms with Crippen LogP contribution in [0.1, 0.15) is 16.1 Å². The van der Waals surface area contributed by atoms with Crippen molar-refractivity contribution in [2.24, 2.45) is 0 Å². The van der Waals surface area contributed by atoms with Gasteiger partial charge in [-0.2, -0.15) is 13.2 Å². The number of carboxylic acid groups (broad SMARTS) is 1. The average molecular weight is 247 g/mol. The minimum Gasteiger partial charge on any atom is -0.477 e. The van der Waals surface area contributed by atoms with E-state index in [1.165, 1.54) is 6.33 Å². The number of aromatic carboxylic acids is 1. The fourth-order valence-electron chi connectivity index (χ4n) is 1.25. The molecule has 0 bridgehead atoms. The fourth-order valence-corrected chi connectivity index (χ4v) is 1.25. The zero-order valence-electron chi connectivity index (χ0n) is 7.95. The van der Waals surface area contributed by atoms with Crippen LogP contribution in [0, 0.1) is 0 Å². The second-order valence-electron chi connectivity index (χ2n) is 3.00. The molecule has 2 N–H and O–H groups in total. The third kappa shape index (κ3) is 1.86. The summed E-state index contributed by atoms with van der Waals surface area (Å²) in [5.41, 5.74) is -1.45. The number of aromatic nitrogens is 3. The summed E-state index contributed by atoms with van der Waals surface area (Å²) in [5.74, 6) is -3.42. The first-order valence-corrected chi connectivity index (χ1v) is 4.20. The Morgan fingerprint density at radius 2 is 2.18 bits per heavy atom. The zero-order chi connectivity index (χ0) is 12.6. The molecule has 0 spiro atoms. The zero-order valence-corrected chi connectivity index (χ0v) is 7.95. The van der Waals surface area contributed by atoms with Crippen molar-refractivity contribution >= 4 is 5.97 Å². The Hall–Kier alpha value is -2.32. The number of rotatable bonds is 2. The van der Waals surface area contributed by atoms with Crippen molar-refractivity contribution in [3.05, 3.63) is 23.8 Å². The van der Waals surface area contributed by atoms with E-state index in [2.05, 4.69) is 19.6 Å². The number of hydrogen-bond donors (Lipinski definition) is 2. The lowest BCUT2D eigenvalue weighted by molar-refractivity contribution is -0.156. The van der Waals surface area contributed by atoms with Gasteiger partial charge in [-0.3, -0.25) is 0 Å². The molecule has 0 aliphatic heterocycles. The number of hydrogen-bond acceptors (Lipinski definition) is 4. The number of carboxylic acids is 1. The van der Waals surface area contributed by atoms with Gasteiger partial charge in [-0.05, 0) is 0 Å². The van der Waals surface area contributed by atoms with E-state index < -0.39 is 29.2 Å². The van der Waals surface area contributed by atoms with Gasteiger partial charge in [0.15, 0.2) is 0 Å². The third-order valence-electron chi connectivity index (χ3n) is 1.92. The average Bonchev–Trinajstić information content (AvgIpc) is 2.84.